The third kappa shape index (κ3) is 4.66. The monoisotopic (exact) mass is 346 g/mol. The molecule has 26 heavy (non-hydrogen) atoms. The van der Waals surface area contributed by atoms with Gasteiger partial charge in [0.05, 0.1) is 0 Å². The summed E-state index contributed by atoms with van der Waals surface area (Å²) in [5, 5.41) is 14.2. The van der Waals surface area contributed by atoms with Gasteiger partial charge >= 0.3 is 0 Å². The fourth-order valence-corrected chi connectivity index (χ4v) is 2.52. The first-order valence-corrected chi connectivity index (χ1v) is 8.57. The summed E-state index contributed by atoms with van der Waals surface area (Å²) in [5.41, 5.74) is 4.97. The standard InChI is InChI=1S/C21H22N4O/c1-15-7-9-17(10-8-15)13-23-21(26)19-11-12-20(25-24-19)22-14-18-6-4-3-5-16(18)2/h3-12H,13-14H2,1-2H3,(H,22,25)(H,23,26). The number of anilines is 1. The molecule has 0 atom stereocenters. The molecule has 0 bridgehead atoms. The first-order chi connectivity index (χ1) is 12.6. The highest BCUT2D eigenvalue weighted by Crippen LogP contribution is 2.10. The molecular weight excluding hydrogens is 324 g/mol. The average molecular weight is 346 g/mol. The van der Waals surface area contributed by atoms with Gasteiger partial charge in [-0.1, -0.05) is 54.1 Å². The number of rotatable bonds is 6. The van der Waals surface area contributed by atoms with Crippen LogP contribution in [-0.4, -0.2) is 16.1 Å². The van der Waals surface area contributed by atoms with E-state index < -0.39 is 0 Å². The fraction of sp³-hybridized carbons (Fsp3) is 0.190. The number of amides is 1. The zero-order valence-corrected chi connectivity index (χ0v) is 15.0. The van der Waals surface area contributed by atoms with Crippen molar-refractivity contribution in [2.45, 2.75) is 26.9 Å². The second-order valence-electron chi connectivity index (χ2n) is 6.25. The molecule has 0 spiro atoms. The van der Waals surface area contributed by atoms with E-state index in [9.17, 15) is 4.79 Å². The van der Waals surface area contributed by atoms with E-state index in [-0.39, 0.29) is 5.91 Å². The topological polar surface area (TPSA) is 66.9 Å². The summed E-state index contributed by atoms with van der Waals surface area (Å²) in [4.78, 5) is 12.2. The lowest BCUT2D eigenvalue weighted by atomic mass is 10.1. The van der Waals surface area contributed by atoms with Crippen LogP contribution in [0.1, 0.15) is 32.7 Å². The minimum Gasteiger partial charge on any atom is -0.364 e. The highest BCUT2D eigenvalue weighted by molar-refractivity contribution is 5.92. The Morgan fingerprint density at radius 3 is 2.35 bits per heavy atom. The van der Waals surface area contributed by atoms with Crippen LogP contribution in [0.5, 0.6) is 0 Å². The van der Waals surface area contributed by atoms with Crippen molar-refractivity contribution in [3.8, 4) is 0 Å². The molecular formula is C21H22N4O. The molecule has 132 valence electrons. The predicted octanol–water partition coefficient (Wildman–Crippen LogP) is 3.64. The Morgan fingerprint density at radius 1 is 0.885 bits per heavy atom. The van der Waals surface area contributed by atoms with E-state index in [0.29, 0.717) is 24.6 Å². The van der Waals surface area contributed by atoms with Gasteiger partial charge in [-0.3, -0.25) is 4.79 Å². The van der Waals surface area contributed by atoms with Gasteiger partial charge in [-0.2, -0.15) is 0 Å². The third-order valence-electron chi connectivity index (χ3n) is 4.19. The summed E-state index contributed by atoms with van der Waals surface area (Å²) >= 11 is 0. The molecule has 0 saturated carbocycles. The normalized spacial score (nSPS) is 10.4. The predicted molar refractivity (Wildman–Crippen MR) is 103 cm³/mol. The molecule has 0 radical (unpaired) electrons. The van der Waals surface area contributed by atoms with Crippen molar-refractivity contribution >= 4 is 11.7 Å². The number of nitrogens with one attached hydrogen (secondary N) is 2. The Kier molecular flexibility index (Phi) is 5.59. The maximum absolute atomic E-state index is 12.2. The van der Waals surface area contributed by atoms with Crippen molar-refractivity contribution in [1.29, 1.82) is 0 Å². The molecule has 2 N–H and O–H groups in total. The Balaban J connectivity index is 1.54. The molecule has 0 aliphatic carbocycles. The number of hydrogen-bond donors (Lipinski definition) is 2. The van der Waals surface area contributed by atoms with Crippen molar-refractivity contribution in [1.82, 2.24) is 15.5 Å². The lowest BCUT2D eigenvalue weighted by molar-refractivity contribution is 0.0945. The van der Waals surface area contributed by atoms with Gasteiger partial charge in [-0.05, 0) is 42.7 Å². The first kappa shape index (κ1) is 17.6. The van der Waals surface area contributed by atoms with Gasteiger partial charge in [0.2, 0.25) is 0 Å². The van der Waals surface area contributed by atoms with Gasteiger partial charge in [0.15, 0.2) is 5.69 Å². The van der Waals surface area contributed by atoms with E-state index in [1.807, 2.05) is 43.3 Å². The van der Waals surface area contributed by atoms with Crippen molar-refractivity contribution in [3.63, 3.8) is 0 Å². The van der Waals surface area contributed by atoms with Crippen LogP contribution >= 0.6 is 0 Å². The average Bonchev–Trinajstić information content (AvgIpc) is 2.67. The van der Waals surface area contributed by atoms with Crippen LogP contribution in [0.3, 0.4) is 0 Å². The van der Waals surface area contributed by atoms with Gasteiger partial charge in [0, 0.05) is 13.1 Å². The van der Waals surface area contributed by atoms with Gasteiger partial charge in [0.25, 0.3) is 5.91 Å². The SMILES string of the molecule is Cc1ccc(CNC(=O)c2ccc(NCc3ccccc3C)nn2)cc1. The Hall–Kier alpha value is -3.21. The van der Waals surface area contributed by atoms with Crippen LogP contribution in [0.2, 0.25) is 0 Å². The van der Waals surface area contributed by atoms with Crippen molar-refractivity contribution in [3.05, 3.63) is 88.6 Å². The molecule has 1 heterocycles. The van der Waals surface area contributed by atoms with E-state index in [1.54, 1.807) is 12.1 Å². The first-order valence-electron chi connectivity index (χ1n) is 8.57. The highest BCUT2D eigenvalue weighted by atomic mass is 16.1. The van der Waals surface area contributed by atoms with Crippen LogP contribution in [-0.2, 0) is 13.1 Å². The van der Waals surface area contributed by atoms with Crippen LogP contribution in [0.25, 0.3) is 0 Å². The molecule has 0 aliphatic heterocycles. The highest BCUT2D eigenvalue weighted by Gasteiger charge is 2.08. The van der Waals surface area contributed by atoms with Crippen LogP contribution in [0.15, 0.2) is 60.7 Å². The molecule has 5 heteroatoms. The van der Waals surface area contributed by atoms with E-state index in [0.717, 1.165) is 5.56 Å². The minimum atomic E-state index is -0.233. The quantitative estimate of drug-likeness (QED) is 0.715. The molecule has 5 nitrogen and oxygen atoms in total. The van der Waals surface area contributed by atoms with E-state index in [4.69, 9.17) is 0 Å². The van der Waals surface area contributed by atoms with Crippen molar-refractivity contribution < 1.29 is 4.79 Å². The summed E-state index contributed by atoms with van der Waals surface area (Å²) < 4.78 is 0. The molecule has 0 saturated heterocycles. The lowest BCUT2D eigenvalue weighted by Crippen LogP contribution is -2.24. The van der Waals surface area contributed by atoms with Crippen molar-refractivity contribution in [2.75, 3.05) is 5.32 Å². The number of nitrogens with zero attached hydrogens (tertiary/aromatic N) is 2. The molecule has 0 aliphatic rings. The van der Waals surface area contributed by atoms with Crippen molar-refractivity contribution in [2.24, 2.45) is 0 Å². The molecule has 0 unspecified atom stereocenters. The molecule has 2 aromatic carbocycles. The smallest absolute Gasteiger partial charge is 0.272 e. The molecule has 3 rings (SSSR count). The Morgan fingerprint density at radius 2 is 1.65 bits per heavy atom. The number of benzene rings is 2. The molecule has 0 fully saturated rings. The van der Waals surface area contributed by atoms with E-state index in [1.165, 1.54) is 16.7 Å². The van der Waals surface area contributed by atoms with E-state index >= 15 is 0 Å². The maximum atomic E-state index is 12.2. The number of hydrogen-bond acceptors (Lipinski definition) is 4. The Bertz CT molecular complexity index is 873. The third-order valence-corrected chi connectivity index (χ3v) is 4.19. The molecule has 1 amide bonds. The summed E-state index contributed by atoms with van der Waals surface area (Å²) in [5.74, 6) is 0.409. The number of aromatic nitrogens is 2. The number of carbonyl (C=O) groups excluding carboxylic acids is 1. The van der Waals surface area contributed by atoms with Gasteiger partial charge in [0.1, 0.15) is 5.82 Å². The largest absolute Gasteiger partial charge is 0.364 e. The lowest BCUT2D eigenvalue weighted by Gasteiger charge is -2.08. The molecule has 3 aromatic rings. The number of carbonyl (C=O) groups is 1. The second kappa shape index (κ2) is 8.25. The van der Waals surface area contributed by atoms with Gasteiger partial charge < -0.3 is 10.6 Å². The zero-order valence-electron chi connectivity index (χ0n) is 15.0. The van der Waals surface area contributed by atoms with Gasteiger partial charge in [-0.15, -0.1) is 10.2 Å². The van der Waals surface area contributed by atoms with Crippen LogP contribution in [0, 0.1) is 13.8 Å². The second-order valence-corrected chi connectivity index (χ2v) is 6.25. The summed E-state index contributed by atoms with van der Waals surface area (Å²) in [6, 6.07) is 19.7. The minimum absolute atomic E-state index is 0.233. The zero-order chi connectivity index (χ0) is 18.4. The van der Waals surface area contributed by atoms with E-state index in [2.05, 4.69) is 39.9 Å². The number of aryl methyl sites for hydroxylation is 2. The summed E-state index contributed by atoms with van der Waals surface area (Å²) in [7, 11) is 0. The Labute approximate surface area is 153 Å². The molecule has 1 aromatic heterocycles. The van der Waals surface area contributed by atoms with Crippen LogP contribution in [0.4, 0.5) is 5.82 Å². The maximum Gasteiger partial charge on any atom is 0.272 e. The fourth-order valence-electron chi connectivity index (χ4n) is 2.52. The van der Waals surface area contributed by atoms with Crippen LogP contribution < -0.4 is 10.6 Å². The summed E-state index contributed by atoms with van der Waals surface area (Å²) in [6.07, 6.45) is 0. The summed E-state index contributed by atoms with van der Waals surface area (Å²) in [6.45, 7) is 5.24. The van der Waals surface area contributed by atoms with Gasteiger partial charge in [-0.25, -0.2) is 0 Å².